The largest absolute Gasteiger partial charge is 0.489 e. The van der Waals surface area contributed by atoms with Gasteiger partial charge in [0, 0.05) is 0 Å². The van der Waals surface area contributed by atoms with E-state index < -0.39 is 0 Å². The monoisotopic (exact) mass is 362 g/mol. The summed E-state index contributed by atoms with van der Waals surface area (Å²) in [6, 6.07) is 21.3. The summed E-state index contributed by atoms with van der Waals surface area (Å²) in [7, 11) is 1.92. The maximum atomic E-state index is 13.3. The molecule has 3 aromatic rings. The maximum Gasteiger partial charge on any atom is 0.241 e. The molecule has 0 bridgehead atoms. The van der Waals surface area contributed by atoms with Crippen molar-refractivity contribution < 1.29 is 13.9 Å². The molecule has 0 N–H and O–H groups in total. The fourth-order valence-electron chi connectivity index (χ4n) is 3.45. The van der Waals surface area contributed by atoms with Crippen LogP contribution in [0.3, 0.4) is 0 Å². The molecule has 0 saturated heterocycles. The average Bonchev–Trinajstić information content (AvgIpc) is 3.20. The SMILES string of the molecule is CN(CC(=O)N1c2ccccc2OCC1c1ccccc1)Cc1ccco1. The van der Waals surface area contributed by atoms with Crippen molar-refractivity contribution >= 4 is 11.6 Å². The van der Waals surface area contributed by atoms with Crippen LogP contribution >= 0.6 is 0 Å². The van der Waals surface area contributed by atoms with Crippen LogP contribution in [0, 0.1) is 0 Å². The van der Waals surface area contributed by atoms with E-state index in [4.69, 9.17) is 9.15 Å². The Labute approximate surface area is 158 Å². The number of hydrogen-bond acceptors (Lipinski definition) is 4. The molecule has 1 unspecified atom stereocenters. The van der Waals surface area contributed by atoms with Crippen LogP contribution in [0.5, 0.6) is 5.75 Å². The third-order valence-electron chi connectivity index (χ3n) is 4.70. The van der Waals surface area contributed by atoms with Crippen LogP contribution in [0.4, 0.5) is 5.69 Å². The third kappa shape index (κ3) is 3.73. The number of carbonyl (C=O) groups excluding carboxylic acids is 1. The van der Waals surface area contributed by atoms with E-state index >= 15 is 0 Å². The van der Waals surface area contributed by atoms with Crippen LogP contribution in [-0.2, 0) is 11.3 Å². The van der Waals surface area contributed by atoms with Gasteiger partial charge >= 0.3 is 0 Å². The summed E-state index contributed by atoms with van der Waals surface area (Å²) in [4.78, 5) is 17.1. The smallest absolute Gasteiger partial charge is 0.241 e. The summed E-state index contributed by atoms with van der Waals surface area (Å²) in [6.07, 6.45) is 1.65. The van der Waals surface area contributed by atoms with Crippen molar-refractivity contribution in [2.24, 2.45) is 0 Å². The van der Waals surface area contributed by atoms with Crippen molar-refractivity contribution in [3.8, 4) is 5.75 Å². The lowest BCUT2D eigenvalue weighted by Gasteiger charge is -2.38. The van der Waals surface area contributed by atoms with Gasteiger partial charge < -0.3 is 9.15 Å². The number of anilines is 1. The number of furan rings is 1. The minimum absolute atomic E-state index is 0.0358. The van der Waals surface area contributed by atoms with Crippen LogP contribution < -0.4 is 9.64 Å². The maximum absolute atomic E-state index is 13.3. The van der Waals surface area contributed by atoms with Crippen LogP contribution in [-0.4, -0.2) is 31.0 Å². The molecule has 0 spiro atoms. The Balaban J connectivity index is 1.60. The fraction of sp³-hybridized carbons (Fsp3) is 0.227. The summed E-state index contributed by atoms with van der Waals surface area (Å²) < 4.78 is 11.3. The van der Waals surface area contributed by atoms with E-state index in [0.717, 1.165) is 22.8 Å². The molecule has 1 atom stereocenters. The van der Waals surface area contributed by atoms with E-state index in [1.165, 1.54) is 0 Å². The van der Waals surface area contributed by atoms with Crippen molar-refractivity contribution in [3.05, 3.63) is 84.3 Å². The van der Waals surface area contributed by atoms with Gasteiger partial charge in [-0.2, -0.15) is 0 Å². The van der Waals surface area contributed by atoms with Gasteiger partial charge in [-0.3, -0.25) is 14.6 Å². The first-order chi connectivity index (χ1) is 13.2. The number of hydrogen-bond donors (Lipinski definition) is 0. The molecule has 1 aliphatic heterocycles. The van der Waals surface area contributed by atoms with Gasteiger partial charge in [0.2, 0.25) is 5.91 Å². The second-order valence-electron chi connectivity index (χ2n) is 6.72. The van der Waals surface area contributed by atoms with Crippen LogP contribution in [0.1, 0.15) is 17.4 Å². The third-order valence-corrected chi connectivity index (χ3v) is 4.70. The minimum Gasteiger partial charge on any atom is -0.489 e. The number of benzene rings is 2. The number of para-hydroxylation sites is 2. The highest BCUT2D eigenvalue weighted by Crippen LogP contribution is 2.39. The Morgan fingerprint density at radius 2 is 1.85 bits per heavy atom. The topological polar surface area (TPSA) is 45.9 Å². The predicted molar refractivity (Wildman–Crippen MR) is 104 cm³/mol. The Bertz CT molecular complexity index is 893. The summed E-state index contributed by atoms with van der Waals surface area (Å²) in [6.45, 7) is 1.31. The highest BCUT2D eigenvalue weighted by atomic mass is 16.5. The van der Waals surface area contributed by atoms with Gasteiger partial charge in [-0.25, -0.2) is 0 Å². The number of likely N-dealkylation sites (N-methyl/N-ethyl adjacent to an activating group) is 1. The Morgan fingerprint density at radius 1 is 1.07 bits per heavy atom. The van der Waals surface area contributed by atoms with Gasteiger partial charge in [0.15, 0.2) is 0 Å². The molecule has 2 heterocycles. The lowest BCUT2D eigenvalue weighted by molar-refractivity contribution is -0.120. The molecule has 138 valence electrons. The number of amides is 1. The van der Waals surface area contributed by atoms with Gasteiger partial charge in [0.1, 0.15) is 18.1 Å². The summed E-state index contributed by atoms with van der Waals surface area (Å²) in [5.74, 6) is 1.62. The molecule has 0 fully saturated rings. The fourth-order valence-corrected chi connectivity index (χ4v) is 3.45. The summed E-state index contributed by atoms with van der Waals surface area (Å²) in [5.41, 5.74) is 1.88. The standard InChI is InChI=1S/C22H22N2O3/c1-23(14-18-10-7-13-26-18)15-22(25)24-19-11-5-6-12-21(19)27-16-20(24)17-8-3-2-4-9-17/h2-13,20H,14-16H2,1H3. The lowest BCUT2D eigenvalue weighted by atomic mass is 10.0. The molecule has 1 amide bonds. The van der Waals surface area contributed by atoms with Crippen molar-refractivity contribution in [2.75, 3.05) is 25.1 Å². The first kappa shape index (κ1) is 17.4. The zero-order valence-electron chi connectivity index (χ0n) is 15.2. The summed E-state index contributed by atoms with van der Waals surface area (Å²) in [5, 5.41) is 0. The number of ether oxygens (including phenoxy) is 1. The average molecular weight is 362 g/mol. The van der Waals surface area contributed by atoms with E-state index in [1.807, 2.05) is 83.6 Å². The van der Waals surface area contributed by atoms with Crippen LogP contribution in [0.25, 0.3) is 0 Å². The van der Waals surface area contributed by atoms with E-state index in [-0.39, 0.29) is 11.9 Å². The van der Waals surface area contributed by atoms with Crippen molar-refractivity contribution in [1.29, 1.82) is 0 Å². The molecule has 5 nitrogen and oxygen atoms in total. The second-order valence-corrected chi connectivity index (χ2v) is 6.72. The minimum atomic E-state index is -0.148. The number of nitrogens with zero attached hydrogens (tertiary/aromatic N) is 2. The van der Waals surface area contributed by atoms with Gasteiger partial charge in [-0.1, -0.05) is 42.5 Å². The van der Waals surface area contributed by atoms with Gasteiger partial charge in [0.25, 0.3) is 0 Å². The number of rotatable bonds is 5. The van der Waals surface area contributed by atoms with E-state index in [1.54, 1.807) is 6.26 Å². The Hall–Kier alpha value is -3.05. The van der Waals surface area contributed by atoms with Crippen molar-refractivity contribution in [1.82, 2.24) is 4.90 Å². The first-order valence-corrected chi connectivity index (χ1v) is 9.02. The van der Waals surface area contributed by atoms with Gasteiger partial charge in [-0.05, 0) is 36.9 Å². The molecule has 1 aromatic heterocycles. The quantitative estimate of drug-likeness (QED) is 0.691. The second kappa shape index (κ2) is 7.68. The molecule has 2 aromatic carbocycles. The Morgan fingerprint density at radius 3 is 2.63 bits per heavy atom. The Kier molecular flexibility index (Phi) is 4.94. The highest BCUT2D eigenvalue weighted by Gasteiger charge is 2.33. The zero-order chi connectivity index (χ0) is 18.6. The van der Waals surface area contributed by atoms with Gasteiger partial charge in [-0.15, -0.1) is 0 Å². The normalized spacial score (nSPS) is 16.1. The molecule has 4 rings (SSSR count). The zero-order valence-corrected chi connectivity index (χ0v) is 15.2. The first-order valence-electron chi connectivity index (χ1n) is 9.02. The van der Waals surface area contributed by atoms with Crippen LogP contribution in [0.2, 0.25) is 0 Å². The molecule has 0 aliphatic carbocycles. The van der Waals surface area contributed by atoms with E-state index in [9.17, 15) is 4.79 Å². The molecule has 0 radical (unpaired) electrons. The van der Waals surface area contributed by atoms with E-state index in [0.29, 0.717) is 19.7 Å². The molecule has 0 saturated carbocycles. The molecular weight excluding hydrogens is 340 g/mol. The molecule has 1 aliphatic rings. The summed E-state index contributed by atoms with van der Waals surface area (Å²) >= 11 is 0. The predicted octanol–water partition coefficient (Wildman–Crippen LogP) is 3.88. The van der Waals surface area contributed by atoms with Crippen molar-refractivity contribution in [2.45, 2.75) is 12.6 Å². The van der Waals surface area contributed by atoms with Crippen molar-refractivity contribution in [3.63, 3.8) is 0 Å². The number of fused-ring (bicyclic) bond motifs is 1. The van der Waals surface area contributed by atoms with Crippen LogP contribution in [0.15, 0.2) is 77.4 Å². The van der Waals surface area contributed by atoms with Gasteiger partial charge in [0.05, 0.1) is 31.1 Å². The molecule has 5 heteroatoms. The van der Waals surface area contributed by atoms with E-state index in [2.05, 4.69) is 0 Å². The highest BCUT2D eigenvalue weighted by molar-refractivity contribution is 5.97. The molecular formula is C22H22N2O3. The number of carbonyl (C=O) groups is 1. The molecule has 27 heavy (non-hydrogen) atoms. The lowest BCUT2D eigenvalue weighted by Crippen LogP contribution is -2.45.